The van der Waals surface area contributed by atoms with E-state index >= 15 is 0 Å². The van der Waals surface area contributed by atoms with Gasteiger partial charge in [-0.05, 0) is 24.8 Å². The molecule has 0 bridgehead atoms. The van der Waals surface area contributed by atoms with Crippen molar-refractivity contribution in [3.63, 3.8) is 0 Å². The Kier molecular flexibility index (Phi) is 9.37. The fourth-order valence-corrected chi connectivity index (χ4v) is 2.24. The molecule has 0 fully saturated rings. The van der Waals surface area contributed by atoms with Crippen LogP contribution in [0.2, 0.25) is 0 Å². The first-order chi connectivity index (χ1) is 12.4. The zero-order valence-electron chi connectivity index (χ0n) is 15.0. The van der Waals surface area contributed by atoms with Crippen LogP contribution in [-0.2, 0) is 16.1 Å². The largest absolute Gasteiger partial charge is 0.350 e. The number of hydrogen-bond donors (Lipinski definition) is 3. The standard InChI is InChI=1S/C17H25N5O4/c1-13(23)20-15(10-6-7-11-18-17(25)22(2)21-26)16(24)19-12-14-8-4-3-5-9-14/h3-5,8-9,15H,6-7,10-12H2,1-2H3,(H,18,25)(H,19,24)(H,20,23). The van der Waals surface area contributed by atoms with Crippen LogP contribution in [0.15, 0.2) is 35.6 Å². The molecule has 26 heavy (non-hydrogen) atoms. The zero-order chi connectivity index (χ0) is 19.4. The van der Waals surface area contributed by atoms with Gasteiger partial charge in [-0.1, -0.05) is 30.3 Å². The van der Waals surface area contributed by atoms with Crippen LogP contribution in [0, 0.1) is 4.91 Å². The lowest BCUT2D eigenvalue weighted by Gasteiger charge is -2.18. The first-order valence-electron chi connectivity index (χ1n) is 8.37. The highest BCUT2D eigenvalue weighted by atomic mass is 16.3. The van der Waals surface area contributed by atoms with E-state index in [2.05, 4.69) is 21.2 Å². The monoisotopic (exact) mass is 363 g/mol. The summed E-state index contributed by atoms with van der Waals surface area (Å²) in [5.74, 6) is -0.533. The van der Waals surface area contributed by atoms with Gasteiger partial charge in [0.15, 0.2) is 0 Å². The van der Waals surface area contributed by atoms with Crippen molar-refractivity contribution >= 4 is 17.8 Å². The highest BCUT2D eigenvalue weighted by molar-refractivity contribution is 5.86. The molecule has 0 aliphatic carbocycles. The molecule has 0 aliphatic heterocycles. The minimum atomic E-state index is -0.633. The maximum atomic E-state index is 12.3. The number of nitrogens with zero attached hydrogens (tertiary/aromatic N) is 2. The SMILES string of the molecule is CC(=O)NC(CCCCNC(=O)N(C)N=O)C(=O)NCc1ccccc1. The number of benzene rings is 1. The Bertz CT molecular complexity index is 608. The van der Waals surface area contributed by atoms with Gasteiger partial charge in [0.25, 0.3) is 0 Å². The summed E-state index contributed by atoms with van der Waals surface area (Å²) < 4.78 is 0. The van der Waals surface area contributed by atoms with Crippen molar-refractivity contribution in [2.75, 3.05) is 13.6 Å². The van der Waals surface area contributed by atoms with E-state index in [0.29, 0.717) is 37.4 Å². The van der Waals surface area contributed by atoms with Gasteiger partial charge in [-0.25, -0.2) is 4.79 Å². The Hall–Kier alpha value is -2.97. The molecule has 0 radical (unpaired) electrons. The number of hydrogen-bond acceptors (Lipinski definition) is 5. The van der Waals surface area contributed by atoms with Gasteiger partial charge in [-0.3, -0.25) is 9.59 Å². The normalized spacial score (nSPS) is 11.2. The van der Waals surface area contributed by atoms with E-state index in [-0.39, 0.29) is 11.8 Å². The van der Waals surface area contributed by atoms with Crippen molar-refractivity contribution < 1.29 is 14.4 Å². The van der Waals surface area contributed by atoms with E-state index in [4.69, 9.17) is 0 Å². The molecule has 1 aromatic carbocycles. The van der Waals surface area contributed by atoms with E-state index in [0.717, 1.165) is 5.56 Å². The molecular formula is C17H25N5O4. The van der Waals surface area contributed by atoms with Crippen molar-refractivity contribution in [2.45, 2.75) is 38.8 Å². The summed E-state index contributed by atoms with van der Waals surface area (Å²) in [5, 5.41) is 11.1. The Morgan fingerprint density at radius 2 is 1.81 bits per heavy atom. The Labute approximate surface area is 152 Å². The van der Waals surface area contributed by atoms with Gasteiger partial charge in [-0.15, -0.1) is 4.91 Å². The number of urea groups is 1. The summed E-state index contributed by atoms with van der Waals surface area (Å²) in [6.45, 7) is 2.09. The van der Waals surface area contributed by atoms with Gasteiger partial charge in [0, 0.05) is 27.1 Å². The van der Waals surface area contributed by atoms with Gasteiger partial charge < -0.3 is 16.0 Å². The molecule has 0 aliphatic rings. The summed E-state index contributed by atoms with van der Waals surface area (Å²) >= 11 is 0. The third-order valence-corrected chi connectivity index (χ3v) is 3.62. The minimum Gasteiger partial charge on any atom is -0.350 e. The Balaban J connectivity index is 2.38. The predicted octanol–water partition coefficient (Wildman–Crippen LogP) is 1.30. The number of carbonyl (C=O) groups is 3. The molecular weight excluding hydrogens is 338 g/mol. The topological polar surface area (TPSA) is 120 Å². The molecule has 1 unspecified atom stereocenters. The third kappa shape index (κ3) is 8.22. The molecule has 0 spiro atoms. The van der Waals surface area contributed by atoms with Crippen LogP contribution in [0.3, 0.4) is 0 Å². The maximum Gasteiger partial charge on any atom is 0.340 e. The Morgan fingerprint density at radius 1 is 1.12 bits per heavy atom. The van der Waals surface area contributed by atoms with Crippen LogP contribution < -0.4 is 16.0 Å². The van der Waals surface area contributed by atoms with Gasteiger partial charge in [0.05, 0.1) is 5.29 Å². The number of carbonyl (C=O) groups excluding carboxylic acids is 3. The van der Waals surface area contributed by atoms with Gasteiger partial charge in [-0.2, -0.15) is 5.01 Å². The molecule has 1 aromatic rings. The Morgan fingerprint density at radius 3 is 2.42 bits per heavy atom. The minimum absolute atomic E-state index is 0.252. The zero-order valence-corrected chi connectivity index (χ0v) is 15.0. The average Bonchev–Trinajstić information content (AvgIpc) is 2.64. The maximum absolute atomic E-state index is 12.3. The van der Waals surface area contributed by atoms with Crippen molar-refractivity contribution in [3.8, 4) is 0 Å². The number of rotatable bonds is 10. The first kappa shape index (κ1) is 21.1. The van der Waals surface area contributed by atoms with E-state index in [1.807, 2.05) is 30.3 Å². The van der Waals surface area contributed by atoms with Crippen LogP contribution in [0.4, 0.5) is 4.79 Å². The van der Waals surface area contributed by atoms with Gasteiger partial charge in [0.2, 0.25) is 11.8 Å². The van der Waals surface area contributed by atoms with E-state index in [1.54, 1.807) is 0 Å². The lowest BCUT2D eigenvalue weighted by atomic mass is 10.1. The molecule has 9 heteroatoms. The highest BCUT2D eigenvalue weighted by Gasteiger charge is 2.18. The first-order valence-corrected chi connectivity index (χ1v) is 8.37. The molecule has 3 N–H and O–H groups in total. The van der Waals surface area contributed by atoms with Crippen LogP contribution in [0.25, 0.3) is 0 Å². The smallest absolute Gasteiger partial charge is 0.340 e. The molecule has 0 heterocycles. The van der Waals surface area contributed by atoms with Crippen molar-refractivity contribution in [1.82, 2.24) is 21.0 Å². The number of nitrogens with one attached hydrogen (secondary N) is 3. The molecule has 142 valence electrons. The average molecular weight is 363 g/mol. The number of amides is 4. The molecule has 0 aromatic heterocycles. The molecule has 0 saturated heterocycles. The molecule has 1 atom stereocenters. The molecule has 0 saturated carbocycles. The molecule has 9 nitrogen and oxygen atoms in total. The summed E-state index contributed by atoms with van der Waals surface area (Å²) in [7, 11) is 1.26. The van der Waals surface area contributed by atoms with Crippen LogP contribution in [0.5, 0.6) is 0 Å². The molecule has 4 amide bonds. The van der Waals surface area contributed by atoms with Crippen molar-refractivity contribution in [3.05, 3.63) is 40.8 Å². The highest BCUT2D eigenvalue weighted by Crippen LogP contribution is 2.03. The van der Waals surface area contributed by atoms with Gasteiger partial charge in [0.1, 0.15) is 6.04 Å². The fraction of sp³-hybridized carbons (Fsp3) is 0.471. The summed E-state index contributed by atoms with van der Waals surface area (Å²) in [6.07, 6.45) is 1.65. The van der Waals surface area contributed by atoms with Crippen molar-refractivity contribution in [2.24, 2.45) is 5.29 Å². The molecule has 1 rings (SSSR count). The van der Waals surface area contributed by atoms with E-state index < -0.39 is 12.1 Å². The lowest BCUT2D eigenvalue weighted by Crippen LogP contribution is -2.45. The summed E-state index contributed by atoms with van der Waals surface area (Å²) in [6, 6.07) is 8.26. The fourth-order valence-electron chi connectivity index (χ4n) is 2.24. The van der Waals surface area contributed by atoms with Gasteiger partial charge >= 0.3 is 6.03 Å². The van der Waals surface area contributed by atoms with E-state index in [1.165, 1.54) is 14.0 Å². The summed E-state index contributed by atoms with van der Waals surface area (Å²) in [5.41, 5.74) is 0.970. The van der Waals surface area contributed by atoms with E-state index in [9.17, 15) is 19.3 Å². The second-order valence-electron chi connectivity index (χ2n) is 5.79. The second-order valence-corrected chi connectivity index (χ2v) is 5.79. The van der Waals surface area contributed by atoms with Crippen LogP contribution in [0.1, 0.15) is 31.7 Å². The predicted molar refractivity (Wildman–Crippen MR) is 96.7 cm³/mol. The van der Waals surface area contributed by atoms with Crippen molar-refractivity contribution in [1.29, 1.82) is 0 Å². The summed E-state index contributed by atoms with van der Waals surface area (Å²) in [4.78, 5) is 45.2. The van der Waals surface area contributed by atoms with Crippen LogP contribution >= 0.6 is 0 Å². The lowest BCUT2D eigenvalue weighted by molar-refractivity contribution is -0.128. The second kappa shape index (κ2) is 11.6. The quantitative estimate of drug-likeness (QED) is 0.330. The number of nitroso groups, excluding NO2 is 1. The van der Waals surface area contributed by atoms with Crippen LogP contribution in [-0.4, -0.2) is 42.5 Å². The number of unbranched alkanes of at least 4 members (excludes halogenated alkanes) is 1. The third-order valence-electron chi connectivity index (χ3n) is 3.62.